The van der Waals surface area contributed by atoms with E-state index < -0.39 is 33.0 Å². The molecule has 0 amide bonds. The summed E-state index contributed by atoms with van der Waals surface area (Å²) in [5.74, 6) is -1.47. The molecule has 25 heavy (non-hydrogen) atoms. The summed E-state index contributed by atoms with van der Waals surface area (Å²) in [6.07, 6.45) is -5.03. The lowest BCUT2D eigenvalue weighted by Crippen LogP contribution is -2.20. The number of para-hydroxylation sites is 1. The third kappa shape index (κ3) is 4.86. The fraction of sp³-hybridized carbons (Fsp3) is 0.133. The van der Waals surface area contributed by atoms with E-state index in [1.54, 1.807) is 0 Å². The number of alkyl halides is 3. The first-order valence-electron chi connectivity index (χ1n) is 6.68. The zero-order chi connectivity index (χ0) is 18.7. The van der Waals surface area contributed by atoms with Crippen LogP contribution in [0.1, 0.15) is 10.4 Å². The molecule has 0 aromatic heterocycles. The molecule has 0 aliphatic carbocycles. The topological polar surface area (TPSA) is 81.7 Å². The predicted molar refractivity (Wildman–Crippen MR) is 81.7 cm³/mol. The van der Waals surface area contributed by atoms with Crippen LogP contribution in [0, 0.1) is 0 Å². The molecule has 0 saturated heterocycles. The van der Waals surface area contributed by atoms with Gasteiger partial charge < -0.3 is 9.47 Å². The molecular weight excluding hydrogens is 363 g/mol. The van der Waals surface area contributed by atoms with Crippen LogP contribution in [0.5, 0.6) is 5.75 Å². The normalized spacial score (nSPS) is 11.7. The van der Waals surface area contributed by atoms with Crippen LogP contribution in [0.3, 0.4) is 0 Å². The Hall–Kier alpha value is -2.75. The van der Waals surface area contributed by atoms with E-state index in [2.05, 4.69) is 14.2 Å². The van der Waals surface area contributed by atoms with Crippen molar-refractivity contribution < 1.29 is 35.9 Å². The second-order valence-electron chi connectivity index (χ2n) is 4.67. The Morgan fingerprint density at radius 2 is 1.64 bits per heavy atom. The third-order valence-corrected chi connectivity index (χ3v) is 4.34. The van der Waals surface area contributed by atoms with Gasteiger partial charge in [0.05, 0.1) is 12.7 Å². The highest BCUT2D eigenvalue weighted by atomic mass is 32.2. The summed E-state index contributed by atoms with van der Waals surface area (Å²) in [6, 6.07) is 9.51. The first-order chi connectivity index (χ1) is 11.6. The Balaban J connectivity index is 2.29. The Kier molecular flexibility index (Phi) is 5.21. The van der Waals surface area contributed by atoms with Crippen LogP contribution in [0.4, 0.5) is 18.9 Å². The van der Waals surface area contributed by atoms with E-state index in [4.69, 9.17) is 0 Å². The lowest BCUT2D eigenvalue weighted by Gasteiger charge is -2.14. The van der Waals surface area contributed by atoms with Crippen molar-refractivity contribution in [2.24, 2.45) is 0 Å². The van der Waals surface area contributed by atoms with E-state index >= 15 is 0 Å². The molecule has 2 aromatic rings. The fourth-order valence-electron chi connectivity index (χ4n) is 1.88. The number of nitrogens with one attached hydrogen (secondary N) is 1. The number of carbonyl (C=O) groups is 1. The van der Waals surface area contributed by atoms with Crippen LogP contribution in [-0.4, -0.2) is 27.9 Å². The van der Waals surface area contributed by atoms with Crippen LogP contribution in [0.25, 0.3) is 0 Å². The summed E-state index contributed by atoms with van der Waals surface area (Å²) >= 11 is 0. The first kappa shape index (κ1) is 18.6. The van der Waals surface area contributed by atoms with Crippen LogP contribution >= 0.6 is 0 Å². The molecule has 0 fully saturated rings. The van der Waals surface area contributed by atoms with Crippen LogP contribution in [-0.2, 0) is 14.8 Å². The van der Waals surface area contributed by atoms with Gasteiger partial charge in [-0.1, -0.05) is 12.1 Å². The minimum absolute atomic E-state index is 0.0504. The Bertz CT molecular complexity index is 863. The molecule has 0 atom stereocenters. The molecule has 2 rings (SSSR count). The smallest absolute Gasteiger partial charge is 0.465 e. The van der Waals surface area contributed by atoms with E-state index in [-0.39, 0.29) is 11.3 Å². The number of halogens is 3. The van der Waals surface area contributed by atoms with E-state index in [1.807, 2.05) is 0 Å². The van der Waals surface area contributed by atoms with E-state index in [0.29, 0.717) is 0 Å². The van der Waals surface area contributed by atoms with Crippen molar-refractivity contribution in [2.45, 2.75) is 11.3 Å². The van der Waals surface area contributed by atoms with Gasteiger partial charge in [0, 0.05) is 5.69 Å². The van der Waals surface area contributed by atoms with E-state index in [9.17, 15) is 26.4 Å². The van der Waals surface area contributed by atoms with Crippen molar-refractivity contribution >= 4 is 21.7 Å². The monoisotopic (exact) mass is 375 g/mol. The number of rotatable bonds is 5. The average molecular weight is 375 g/mol. The maximum atomic E-state index is 12.4. The maximum absolute atomic E-state index is 12.4. The number of benzene rings is 2. The number of hydrogen-bond acceptors (Lipinski definition) is 5. The molecule has 0 aliphatic heterocycles. The maximum Gasteiger partial charge on any atom is 0.573 e. The Morgan fingerprint density at radius 3 is 2.20 bits per heavy atom. The van der Waals surface area contributed by atoms with E-state index in [0.717, 1.165) is 12.1 Å². The molecule has 6 nitrogen and oxygen atoms in total. The van der Waals surface area contributed by atoms with Gasteiger partial charge in [0.1, 0.15) is 10.6 Å². The lowest BCUT2D eigenvalue weighted by atomic mass is 10.2. The quantitative estimate of drug-likeness (QED) is 0.812. The summed E-state index contributed by atoms with van der Waals surface area (Å²) in [6.45, 7) is 0. The predicted octanol–water partition coefficient (Wildman–Crippen LogP) is 3.17. The molecule has 0 saturated carbocycles. The number of carbonyl (C=O) groups excluding carboxylic acids is 1. The number of esters is 1. The van der Waals surface area contributed by atoms with E-state index in [1.165, 1.54) is 43.5 Å². The van der Waals surface area contributed by atoms with Crippen LogP contribution in [0.15, 0.2) is 53.4 Å². The Labute approximate surface area is 141 Å². The second-order valence-corrected chi connectivity index (χ2v) is 6.32. The molecule has 10 heteroatoms. The molecule has 0 unspecified atom stereocenters. The van der Waals surface area contributed by atoms with Gasteiger partial charge >= 0.3 is 12.3 Å². The molecule has 2 aromatic carbocycles. The highest BCUT2D eigenvalue weighted by molar-refractivity contribution is 7.92. The fourth-order valence-corrected chi connectivity index (χ4v) is 3.07. The molecule has 0 heterocycles. The van der Waals surface area contributed by atoms with Gasteiger partial charge in [0.15, 0.2) is 0 Å². The standard InChI is InChI=1S/C15H12F3NO5S/c1-23-14(20)10-6-8-11(9-7-10)19-25(21,22)13-5-3-2-4-12(13)24-15(16,17)18/h2-9,19H,1H3. The summed E-state index contributed by atoms with van der Waals surface area (Å²) in [7, 11) is -3.16. The first-order valence-corrected chi connectivity index (χ1v) is 8.17. The van der Waals surface area contributed by atoms with Gasteiger partial charge in [-0.15, -0.1) is 13.2 Å². The van der Waals surface area contributed by atoms with Gasteiger partial charge in [-0.05, 0) is 36.4 Å². The second kappa shape index (κ2) is 7.01. The van der Waals surface area contributed by atoms with Crippen LogP contribution < -0.4 is 9.46 Å². The number of anilines is 1. The zero-order valence-electron chi connectivity index (χ0n) is 12.7. The number of methoxy groups -OCH3 is 1. The van der Waals surface area contributed by atoms with Crippen molar-refractivity contribution in [3.63, 3.8) is 0 Å². The summed E-state index contributed by atoms with van der Waals surface area (Å²) in [5, 5.41) is 0. The summed E-state index contributed by atoms with van der Waals surface area (Å²) in [5.41, 5.74) is 0.237. The SMILES string of the molecule is COC(=O)c1ccc(NS(=O)(=O)c2ccccc2OC(F)(F)F)cc1. The van der Waals surface area contributed by atoms with Gasteiger partial charge in [-0.3, -0.25) is 4.72 Å². The van der Waals surface area contributed by atoms with Crippen molar-refractivity contribution in [1.29, 1.82) is 0 Å². The molecule has 0 spiro atoms. The molecule has 134 valence electrons. The minimum Gasteiger partial charge on any atom is -0.465 e. The zero-order valence-corrected chi connectivity index (χ0v) is 13.5. The minimum atomic E-state index is -5.03. The summed E-state index contributed by atoms with van der Waals surface area (Å²) < 4.78 is 72.3. The number of ether oxygens (including phenoxy) is 2. The van der Waals surface area contributed by atoms with Crippen molar-refractivity contribution in [1.82, 2.24) is 0 Å². The van der Waals surface area contributed by atoms with Crippen molar-refractivity contribution in [3.05, 3.63) is 54.1 Å². The Morgan fingerprint density at radius 1 is 1.04 bits per heavy atom. The molecule has 0 radical (unpaired) electrons. The molecule has 1 N–H and O–H groups in total. The van der Waals surface area contributed by atoms with Crippen LogP contribution in [0.2, 0.25) is 0 Å². The summed E-state index contributed by atoms with van der Waals surface area (Å²) in [4.78, 5) is 10.6. The number of hydrogen-bond donors (Lipinski definition) is 1. The largest absolute Gasteiger partial charge is 0.573 e. The van der Waals surface area contributed by atoms with Gasteiger partial charge in [0.25, 0.3) is 10.0 Å². The van der Waals surface area contributed by atoms with Crippen molar-refractivity contribution in [2.75, 3.05) is 11.8 Å². The number of sulfonamides is 1. The van der Waals surface area contributed by atoms with Gasteiger partial charge in [0.2, 0.25) is 0 Å². The van der Waals surface area contributed by atoms with Gasteiger partial charge in [-0.2, -0.15) is 0 Å². The average Bonchev–Trinajstić information content (AvgIpc) is 2.53. The third-order valence-electron chi connectivity index (χ3n) is 2.92. The van der Waals surface area contributed by atoms with Crippen molar-refractivity contribution in [3.8, 4) is 5.75 Å². The highest BCUT2D eigenvalue weighted by Crippen LogP contribution is 2.30. The molecule has 0 bridgehead atoms. The van der Waals surface area contributed by atoms with Gasteiger partial charge in [-0.25, -0.2) is 13.2 Å². The molecule has 0 aliphatic rings. The molecular formula is C15H12F3NO5S. The lowest BCUT2D eigenvalue weighted by molar-refractivity contribution is -0.275. The highest BCUT2D eigenvalue weighted by Gasteiger charge is 2.34.